The van der Waals surface area contributed by atoms with Gasteiger partial charge in [-0.3, -0.25) is 0 Å². The van der Waals surface area contributed by atoms with Gasteiger partial charge in [0.1, 0.15) is 5.58 Å². The average molecular weight is 445 g/mol. The van der Waals surface area contributed by atoms with Gasteiger partial charge < -0.3 is 9.52 Å². The molecule has 3 aromatic carbocycles. The molecule has 1 heterocycles. The molecule has 2 fully saturated rings. The molecule has 2 saturated carbocycles. The Bertz CT molecular complexity index is 1320. The summed E-state index contributed by atoms with van der Waals surface area (Å²) in [7, 11) is 0. The van der Waals surface area contributed by atoms with Crippen molar-refractivity contribution in [2.75, 3.05) is 0 Å². The molecule has 1 N–H and O–H groups in total. The molecule has 0 saturated heterocycles. The highest BCUT2D eigenvalue weighted by molar-refractivity contribution is 6.35. The first-order valence-corrected chi connectivity index (χ1v) is 12.3. The number of halogens is 1. The van der Waals surface area contributed by atoms with Gasteiger partial charge in [-0.2, -0.15) is 0 Å². The van der Waals surface area contributed by atoms with Crippen molar-refractivity contribution in [3.05, 3.63) is 71.2 Å². The Labute approximate surface area is 194 Å². The number of aliphatic hydroxyl groups is 1. The van der Waals surface area contributed by atoms with Crippen molar-refractivity contribution in [3.8, 4) is 11.1 Å². The van der Waals surface area contributed by atoms with E-state index in [-0.39, 0.29) is 5.92 Å². The Morgan fingerprint density at radius 1 is 0.906 bits per heavy atom. The zero-order valence-corrected chi connectivity index (χ0v) is 19.4. The van der Waals surface area contributed by atoms with E-state index in [1.54, 1.807) is 0 Å². The van der Waals surface area contributed by atoms with E-state index in [2.05, 4.69) is 56.3 Å². The first-order chi connectivity index (χ1) is 15.4. The molecule has 6 rings (SSSR count). The summed E-state index contributed by atoms with van der Waals surface area (Å²) in [6.45, 7) is 4.60. The fourth-order valence-corrected chi connectivity index (χ4v) is 7.09. The van der Waals surface area contributed by atoms with Gasteiger partial charge in [-0.1, -0.05) is 67.9 Å². The van der Waals surface area contributed by atoms with Crippen molar-refractivity contribution in [2.45, 2.75) is 45.1 Å². The van der Waals surface area contributed by atoms with Crippen molar-refractivity contribution >= 4 is 33.5 Å². The Balaban J connectivity index is 1.50. The second-order valence-corrected chi connectivity index (χ2v) is 10.7. The van der Waals surface area contributed by atoms with Crippen LogP contribution in [0.1, 0.15) is 45.1 Å². The predicted molar refractivity (Wildman–Crippen MR) is 132 cm³/mol. The monoisotopic (exact) mass is 444 g/mol. The molecule has 1 aromatic heterocycles. The van der Waals surface area contributed by atoms with Crippen LogP contribution in [-0.2, 0) is 5.60 Å². The Kier molecular flexibility index (Phi) is 4.68. The van der Waals surface area contributed by atoms with E-state index in [4.69, 9.17) is 16.0 Å². The third-order valence-electron chi connectivity index (χ3n) is 8.22. The van der Waals surface area contributed by atoms with Gasteiger partial charge in [-0.05, 0) is 84.2 Å². The van der Waals surface area contributed by atoms with Crippen LogP contribution in [0.5, 0.6) is 0 Å². The largest absolute Gasteiger partial charge is 0.454 e. The first-order valence-electron chi connectivity index (χ1n) is 11.9. The van der Waals surface area contributed by atoms with E-state index in [0.29, 0.717) is 16.9 Å². The van der Waals surface area contributed by atoms with Gasteiger partial charge in [0.2, 0.25) is 0 Å². The van der Waals surface area contributed by atoms with Gasteiger partial charge in [0, 0.05) is 10.8 Å². The molecule has 5 unspecified atom stereocenters. The maximum absolute atomic E-state index is 12.3. The molecule has 0 amide bonds. The van der Waals surface area contributed by atoms with Crippen LogP contribution in [-0.4, -0.2) is 5.11 Å². The van der Waals surface area contributed by atoms with Crippen LogP contribution in [0, 0.1) is 23.7 Å². The van der Waals surface area contributed by atoms with Crippen molar-refractivity contribution in [2.24, 2.45) is 23.7 Å². The molecule has 2 nitrogen and oxygen atoms in total. The predicted octanol–water partition coefficient (Wildman–Crippen LogP) is 8.19. The van der Waals surface area contributed by atoms with Crippen LogP contribution in [0.2, 0.25) is 5.02 Å². The molecule has 164 valence electrons. The maximum Gasteiger partial charge on any atom is 0.153 e. The standard InChI is InChI=1S/C29H29ClO2/c1-17-12-19-14-18(2)29(31,21(13-17)15-19)25-8-4-3-6-22(25)20-10-11-23-24-7-5-9-26(30)28(24)32-27(23)16-20/h3-11,16-19,21,31H,12-15H2,1-2H3. The molecular weight excluding hydrogens is 416 g/mol. The molecule has 0 aliphatic heterocycles. The van der Waals surface area contributed by atoms with Crippen LogP contribution in [0.15, 0.2) is 65.1 Å². The zero-order valence-electron chi connectivity index (χ0n) is 18.6. The quantitative estimate of drug-likeness (QED) is 0.338. The summed E-state index contributed by atoms with van der Waals surface area (Å²) in [6.07, 6.45) is 4.66. The topological polar surface area (TPSA) is 33.4 Å². The van der Waals surface area contributed by atoms with Crippen LogP contribution >= 0.6 is 11.6 Å². The van der Waals surface area contributed by atoms with Crippen LogP contribution in [0.3, 0.4) is 0 Å². The zero-order chi connectivity index (χ0) is 22.0. The summed E-state index contributed by atoms with van der Waals surface area (Å²) >= 11 is 6.38. The van der Waals surface area contributed by atoms with Gasteiger partial charge in [-0.25, -0.2) is 0 Å². The summed E-state index contributed by atoms with van der Waals surface area (Å²) in [5, 5.41) is 15.0. The van der Waals surface area contributed by atoms with E-state index >= 15 is 0 Å². The molecule has 2 bridgehead atoms. The summed E-state index contributed by atoms with van der Waals surface area (Å²) in [4.78, 5) is 0. The second-order valence-electron chi connectivity index (χ2n) is 10.3. The number of furan rings is 1. The number of rotatable bonds is 2. The van der Waals surface area contributed by atoms with E-state index < -0.39 is 5.60 Å². The molecule has 3 heteroatoms. The SMILES string of the molecule is CC1CC2CC(C)C(O)(c3ccccc3-c3ccc4c(c3)oc3c(Cl)cccc34)C(C1)C2. The highest BCUT2D eigenvalue weighted by Crippen LogP contribution is 2.55. The molecule has 0 radical (unpaired) electrons. The number of fused-ring (bicyclic) bond motifs is 5. The van der Waals surface area contributed by atoms with Gasteiger partial charge in [-0.15, -0.1) is 0 Å². The Morgan fingerprint density at radius 3 is 2.62 bits per heavy atom. The highest BCUT2D eigenvalue weighted by Gasteiger charge is 2.51. The Hall–Kier alpha value is -2.29. The van der Waals surface area contributed by atoms with Gasteiger partial charge in [0.15, 0.2) is 5.58 Å². The minimum Gasteiger partial charge on any atom is -0.454 e. The van der Waals surface area contributed by atoms with Gasteiger partial charge in [0.05, 0.1) is 10.6 Å². The number of benzene rings is 3. The molecule has 2 aliphatic carbocycles. The van der Waals surface area contributed by atoms with E-state index in [1.807, 2.05) is 18.2 Å². The lowest BCUT2D eigenvalue weighted by Gasteiger charge is -2.52. The fourth-order valence-electron chi connectivity index (χ4n) is 6.88. The summed E-state index contributed by atoms with van der Waals surface area (Å²) < 4.78 is 6.16. The minimum absolute atomic E-state index is 0.244. The molecule has 5 atom stereocenters. The lowest BCUT2D eigenvalue weighted by atomic mass is 9.55. The van der Waals surface area contributed by atoms with Crippen LogP contribution < -0.4 is 0 Å². The van der Waals surface area contributed by atoms with Crippen molar-refractivity contribution in [3.63, 3.8) is 0 Å². The van der Waals surface area contributed by atoms with Crippen LogP contribution in [0.25, 0.3) is 33.1 Å². The van der Waals surface area contributed by atoms with Gasteiger partial charge in [0.25, 0.3) is 0 Å². The van der Waals surface area contributed by atoms with Crippen LogP contribution in [0.4, 0.5) is 0 Å². The van der Waals surface area contributed by atoms with Crippen molar-refractivity contribution in [1.29, 1.82) is 0 Å². The molecular formula is C29H29ClO2. The molecule has 2 aliphatic rings. The van der Waals surface area contributed by atoms with E-state index in [1.165, 1.54) is 6.42 Å². The number of hydrogen-bond donors (Lipinski definition) is 1. The molecule has 0 spiro atoms. The highest BCUT2D eigenvalue weighted by atomic mass is 35.5. The smallest absolute Gasteiger partial charge is 0.153 e. The number of hydrogen-bond acceptors (Lipinski definition) is 2. The third-order valence-corrected chi connectivity index (χ3v) is 8.52. The van der Waals surface area contributed by atoms with E-state index in [0.717, 1.165) is 63.8 Å². The summed E-state index contributed by atoms with van der Waals surface area (Å²) in [5.74, 6) is 1.99. The lowest BCUT2D eigenvalue weighted by Crippen LogP contribution is -2.49. The fraction of sp³-hybridized carbons (Fsp3) is 0.379. The first kappa shape index (κ1) is 20.3. The second kappa shape index (κ2) is 7.37. The van der Waals surface area contributed by atoms with E-state index in [9.17, 15) is 5.11 Å². The van der Waals surface area contributed by atoms with Gasteiger partial charge >= 0.3 is 0 Å². The summed E-state index contributed by atoms with van der Waals surface area (Å²) in [6, 6.07) is 20.7. The average Bonchev–Trinajstić information content (AvgIpc) is 3.16. The normalized spacial score (nSPS) is 30.1. The van der Waals surface area contributed by atoms with Crippen molar-refractivity contribution < 1.29 is 9.52 Å². The molecule has 4 aromatic rings. The number of para-hydroxylation sites is 1. The minimum atomic E-state index is -0.798. The van der Waals surface area contributed by atoms with Crippen molar-refractivity contribution in [1.82, 2.24) is 0 Å². The lowest BCUT2D eigenvalue weighted by molar-refractivity contribution is -0.132. The maximum atomic E-state index is 12.3. The third kappa shape index (κ3) is 2.96. The molecule has 32 heavy (non-hydrogen) atoms. The summed E-state index contributed by atoms with van der Waals surface area (Å²) in [5.41, 5.74) is 4.01. The Morgan fingerprint density at radius 2 is 1.75 bits per heavy atom.